The summed E-state index contributed by atoms with van der Waals surface area (Å²) in [7, 11) is 0. The van der Waals surface area contributed by atoms with Gasteiger partial charge in [0.05, 0.1) is 18.4 Å². The van der Waals surface area contributed by atoms with E-state index in [-0.39, 0.29) is 11.3 Å². The first-order valence-corrected chi connectivity index (χ1v) is 12.2. The van der Waals surface area contributed by atoms with Gasteiger partial charge in [-0.2, -0.15) is 0 Å². The first-order valence-electron chi connectivity index (χ1n) is 11.8. The van der Waals surface area contributed by atoms with Gasteiger partial charge in [-0.1, -0.05) is 23.7 Å². The smallest absolute Gasteiger partial charge is 0.248 e. The van der Waals surface area contributed by atoms with Crippen LogP contribution in [0.5, 0.6) is 5.75 Å². The first kappa shape index (κ1) is 22.3. The van der Waals surface area contributed by atoms with Gasteiger partial charge in [0, 0.05) is 29.1 Å². The van der Waals surface area contributed by atoms with Crippen LogP contribution in [0.2, 0.25) is 5.02 Å². The van der Waals surface area contributed by atoms with E-state index in [4.69, 9.17) is 22.1 Å². The van der Waals surface area contributed by atoms with Gasteiger partial charge in [0.25, 0.3) is 0 Å². The number of carbonyl (C=O) groups is 1. The van der Waals surface area contributed by atoms with Crippen molar-refractivity contribution < 1.29 is 14.6 Å². The summed E-state index contributed by atoms with van der Waals surface area (Å²) in [5, 5.41) is 11.2. The molecule has 1 spiro atoms. The fraction of sp³-hybridized carbons (Fsp3) is 0.444. The lowest BCUT2D eigenvalue weighted by Gasteiger charge is -2.45. The maximum Gasteiger partial charge on any atom is 0.248 e. The third kappa shape index (κ3) is 4.02. The van der Waals surface area contributed by atoms with Crippen LogP contribution in [-0.4, -0.2) is 36.8 Å². The Labute approximate surface area is 200 Å². The van der Waals surface area contributed by atoms with Crippen LogP contribution in [0.3, 0.4) is 0 Å². The van der Waals surface area contributed by atoms with E-state index in [0.29, 0.717) is 18.1 Å². The second-order valence-electron chi connectivity index (χ2n) is 9.88. The number of hydrogen-bond donors (Lipinski definition) is 2. The molecule has 5 nitrogen and oxygen atoms in total. The number of aliphatic hydroxyl groups is 1. The SMILES string of the molecule is C=C[C@@H](O)[C@@H]1CC[C@H]1CN1CC2(CCCc3cc(Cl)ccc32)COc2ccc(C(N)=O)cc21. The summed E-state index contributed by atoms with van der Waals surface area (Å²) < 4.78 is 6.43. The minimum atomic E-state index is -0.491. The van der Waals surface area contributed by atoms with Gasteiger partial charge < -0.3 is 20.5 Å². The monoisotopic (exact) mass is 466 g/mol. The Bertz CT molecular complexity index is 1090. The molecule has 1 unspecified atom stereocenters. The number of ether oxygens (including phenoxy) is 1. The van der Waals surface area contributed by atoms with E-state index in [2.05, 4.69) is 23.6 Å². The van der Waals surface area contributed by atoms with Gasteiger partial charge in [-0.05, 0) is 85.4 Å². The molecule has 0 bridgehead atoms. The number of aliphatic hydroxyl groups excluding tert-OH is 1. The molecule has 0 aromatic heterocycles. The third-order valence-electron chi connectivity index (χ3n) is 7.93. The Morgan fingerprint density at radius 2 is 2.18 bits per heavy atom. The molecule has 3 N–H and O–H groups in total. The van der Waals surface area contributed by atoms with Crippen LogP contribution in [0.15, 0.2) is 49.1 Å². The van der Waals surface area contributed by atoms with E-state index in [0.717, 1.165) is 61.7 Å². The summed E-state index contributed by atoms with van der Waals surface area (Å²) in [6.07, 6.45) is 6.35. The van der Waals surface area contributed by atoms with Crippen molar-refractivity contribution in [3.8, 4) is 5.75 Å². The minimum Gasteiger partial charge on any atom is -0.490 e. The molecule has 2 aromatic carbocycles. The fourth-order valence-corrected chi connectivity index (χ4v) is 6.19. The maximum absolute atomic E-state index is 11.9. The third-order valence-corrected chi connectivity index (χ3v) is 8.17. The quantitative estimate of drug-likeness (QED) is 0.637. The molecule has 0 saturated heterocycles. The van der Waals surface area contributed by atoms with E-state index < -0.39 is 12.0 Å². The second-order valence-corrected chi connectivity index (χ2v) is 10.3. The molecule has 174 valence electrons. The summed E-state index contributed by atoms with van der Waals surface area (Å²) >= 11 is 6.32. The molecule has 1 saturated carbocycles. The van der Waals surface area contributed by atoms with Crippen LogP contribution in [-0.2, 0) is 11.8 Å². The number of amides is 1. The minimum absolute atomic E-state index is 0.166. The number of anilines is 1. The molecule has 1 fully saturated rings. The number of nitrogens with two attached hydrogens (primary N) is 1. The zero-order valence-corrected chi connectivity index (χ0v) is 19.6. The van der Waals surface area contributed by atoms with Crippen LogP contribution >= 0.6 is 11.6 Å². The van der Waals surface area contributed by atoms with Crippen molar-refractivity contribution in [1.82, 2.24) is 0 Å². The zero-order chi connectivity index (χ0) is 23.2. The normalized spacial score (nSPS) is 26.9. The van der Waals surface area contributed by atoms with E-state index >= 15 is 0 Å². The number of primary amides is 1. The van der Waals surface area contributed by atoms with E-state index in [1.807, 2.05) is 18.2 Å². The van der Waals surface area contributed by atoms with Crippen LogP contribution in [0, 0.1) is 11.8 Å². The van der Waals surface area contributed by atoms with Gasteiger partial charge in [-0.15, -0.1) is 6.58 Å². The van der Waals surface area contributed by atoms with Gasteiger partial charge in [-0.25, -0.2) is 0 Å². The number of aryl methyl sites for hydroxylation is 1. The van der Waals surface area contributed by atoms with Crippen molar-refractivity contribution in [1.29, 1.82) is 0 Å². The summed E-state index contributed by atoms with van der Waals surface area (Å²) in [6, 6.07) is 11.7. The van der Waals surface area contributed by atoms with Crippen LogP contribution in [0.25, 0.3) is 0 Å². The highest BCUT2D eigenvalue weighted by molar-refractivity contribution is 6.30. The highest BCUT2D eigenvalue weighted by Crippen LogP contribution is 2.46. The Balaban J connectivity index is 1.55. The van der Waals surface area contributed by atoms with Crippen molar-refractivity contribution >= 4 is 23.2 Å². The lowest BCUT2D eigenvalue weighted by atomic mass is 9.68. The molecule has 5 rings (SSSR count). The van der Waals surface area contributed by atoms with Crippen LogP contribution in [0.1, 0.15) is 47.2 Å². The highest BCUT2D eigenvalue weighted by atomic mass is 35.5. The van der Waals surface area contributed by atoms with Gasteiger partial charge in [0.15, 0.2) is 0 Å². The Morgan fingerprint density at radius 3 is 2.91 bits per heavy atom. The summed E-state index contributed by atoms with van der Waals surface area (Å²) in [5.74, 6) is 0.894. The standard InChI is InChI=1S/C27H31ClN2O3/c1-2-24(31)21-8-5-19(21)14-30-15-27(11-3-4-17-12-20(28)7-9-22(17)27)16-33-25-10-6-18(26(29)32)13-23(25)30/h2,6-7,9-10,12-13,19,21,24,31H,1,3-5,8,11,14-16H2,(H2,29,32)/t19-,21+,24+,27?/m0/s1. The number of nitrogens with zero attached hydrogens (tertiary/aromatic N) is 1. The lowest BCUT2D eigenvalue weighted by molar-refractivity contribution is 0.0460. The molecule has 4 atom stereocenters. The zero-order valence-electron chi connectivity index (χ0n) is 18.8. The van der Waals surface area contributed by atoms with Gasteiger partial charge >= 0.3 is 0 Å². The molecule has 0 radical (unpaired) electrons. The fourth-order valence-electron chi connectivity index (χ4n) is 6.00. The van der Waals surface area contributed by atoms with Crippen molar-refractivity contribution in [3.63, 3.8) is 0 Å². The molecular weight excluding hydrogens is 436 g/mol. The number of fused-ring (bicyclic) bond motifs is 3. The van der Waals surface area contributed by atoms with Crippen molar-refractivity contribution in [2.45, 2.75) is 43.6 Å². The molecule has 2 aromatic rings. The molecule has 1 heterocycles. The summed E-state index contributed by atoms with van der Waals surface area (Å²) in [6.45, 7) is 5.93. The molecule has 1 amide bonds. The molecule has 1 aliphatic heterocycles. The molecule has 6 heteroatoms. The predicted molar refractivity (Wildman–Crippen MR) is 131 cm³/mol. The summed E-state index contributed by atoms with van der Waals surface area (Å²) in [5.41, 5.74) is 9.43. The van der Waals surface area contributed by atoms with Gasteiger partial charge in [-0.3, -0.25) is 4.79 Å². The second kappa shape index (κ2) is 8.69. The number of halogens is 1. The topological polar surface area (TPSA) is 75.8 Å². The molecule has 33 heavy (non-hydrogen) atoms. The maximum atomic E-state index is 11.9. The van der Waals surface area contributed by atoms with Crippen molar-refractivity contribution in [2.75, 3.05) is 24.6 Å². The average Bonchev–Trinajstić information content (AvgIpc) is 2.93. The molecule has 2 aliphatic carbocycles. The van der Waals surface area contributed by atoms with Crippen LogP contribution < -0.4 is 15.4 Å². The summed E-state index contributed by atoms with van der Waals surface area (Å²) in [4.78, 5) is 14.3. The number of hydrogen-bond acceptors (Lipinski definition) is 4. The molecule has 3 aliphatic rings. The van der Waals surface area contributed by atoms with Crippen LogP contribution in [0.4, 0.5) is 5.69 Å². The lowest BCUT2D eigenvalue weighted by Crippen LogP contribution is -2.49. The first-order chi connectivity index (χ1) is 15.9. The van der Waals surface area contributed by atoms with Crippen molar-refractivity contribution in [2.24, 2.45) is 17.6 Å². The molecular formula is C27H31ClN2O3. The van der Waals surface area contributed by atoms with E-state index in [1.54, 1.807) is 12.1 Å². The Kier molecular flexibility index (Phi) is 5.87. The highest BCUT2D eigenvalue weighted by Gasteiger charge is 2.44. The van der Waals surface area contributed by atoms with Gasteiger partial charge in [0.1, 0.15) is 5.75 Å². The number of carbonyl (C=O) groups excluding carboxylic acids is 1. The average molecular weight is 467 g/mol. The van der Waals surface area contributed by atoms with Crippen molar-refractivity contribution in [3.05, 3.63) is 70.8 Å². The number of benzene rings is 2. The van der Waals surface area contributed by atoms with E-state index in [9.17, 15) is 9.90 Å². The predicted octanol–water partition coefficient (Wildman–Crippen LogP) is 4.49. The largest absolute Gasteiger partial charge is 0.490 e. The van der Waals surface area contributed by atoms with Gasteiger partial charge in [0.2, 0.25) is 5.91 Å². The Hall–Kier alpha value is -2.50. The Morgan fingerprint density at radius 1 is 1.33 bits per heavy atom. The number of rotatable bonds is 5. The van der Waals surface area contributed by atoms with E-state index in [1.165, 1.54) is 11.1 Å².